The lowest BCUT2D eigenvalue weighted by atomic mass is 10.00. The Bertz CT molecular complexity index is 1360. The van der Waals surface area contributed by atoms with Crippen LogP contribution in [-0.4, -0.2) is 88.9 Å². The average molecular weight is 598 g/mol. The van der Waals surface area contributed by atoms with Crippen molar-refractivity contribution >= 4 is 34.9 Å². The lowest BCUT2D eigenvalue weighted by molar-refractivity contribution is -0.148. The third kappa shape index (κ3) is 8.13. The van der Waals surface area contributed by atoms with Gasteiger partial charge in [-0.1, -0.05) is 6.08 Å². The fraction of sp³-hybridized carbons (Fsp3) is 0.484. The minimum atomic E-state index is -4.36. The molecule has 5 rings (SSSR count). The smallest absolute Gasteiger partial charge is 0.369 e. The molecule has 1 aliphatic carbocycles. The number of hydrogen-bond donors (Lipinski definition) is 2. The zero-order valence-electron chi connectivity index (χ0n) is 24.3. The summed E-state index contributed by atoms with van der Waals surface area (Å²) >= 11 is 0. The van der Waals surface area contributed by atoms with Crippen molar-refractivity contribution in [3.63, 3.8) is 0 Å². The molecule has 0 atom stereocenters. The van der Waals surface area contributed by atoms with Crippen molar-refractivity contribution in [1.82, 2.24) is 19.7 Å². The van der Waals surface area contributed by atoms with Crippen molar-refractivity contribution in [3.8, 4) is 0 Å². The van der Waals surface area contributed by atoms with Gasteiger partial charge in [-0.15, -0.1) is 0 Å². The first-order valence-corrected chi connectivity index (χ1v) is 14.8. The molecule has 3 heterocycles. The van der Waals surface area contributed by atoms with Crippen LogP contribution < -0.4 is 11.1 Å². The van der Waals surface area contributed by atoms with Gasteiger partial charge in [-0.05, 0) is 94.2 Å². The Kier molecular flexibility index (Phi) is 9.34. The molecule has 1 saturated heterocycles. The Hall–Kier alpha value is -3.93. The lowest BCUT2D eigenvalue weighted by Gasteiger charge is -2.37. The van der Waals surface area contributed by atoms with Crippen molar-refractivity contribution in [2.75, 3.05) is 38.5 Å². The van der Waals surface area contributed by atoms with Crippen molar-refractivity contribution in [1.29, 1.82) is 0 Å². The van der Waals surface area contributed by atoms with Gasteiger partial charge in [0.2, 0.25) is 5.91 Å². The molecule has 3 aliphatic rings. The van der Waals surface area contributed by atoms with Gasteiger partial charge in [-0.2, -0.15) is 18.2 Å². The summed E-state index contributed by atoms with van der Waals surface area (Å²) in [6.07, 6.45) is 1.98. The number of pyridine rings is 1. The summed E-state index contributed by atoms with van der Waals surface area (Å²) < 4.78 is 37.5. The molecule has 12 heteroatoms. The van der Waals surface area contributed by atoms with Gasteiger partial charge in [-0.3, -0.25) is 9.59 Å². The van der Waals surface area contributed by atoms with E-state index in [2.05, 4.69) is 32.1 Å². The Morgan fingerprint density at radius 2 is 1.77 bits per heavy atom. The highest BCUT2D eigenvalue weighted by molar-refractivity contribution is 5.97. The fourth-order valence-electron chi connectivity index (χ4n) is 5.67. The van der Waals surface area contributed by atoms with E-state index in [-0.39, 0.29) is 24.5 Å². The number of piperidine rings is 1. The summed E-state index contributed by atoms with van der Waals surface area (Å²) in [6.45, 7) is 2.54. The number of carbonyl (C=O) groups is 2. The van der Waals surface area contributed by atoms with Gasteiger partial charge < -0.3 is 25.8 Å². The van der Waals surface area contributed by atoms with E-state index in [9.17, 15) is 22.8 Å². The number of halogens is 3. The molecule has 0 unspecified atom stereocenters. The molecule has 230 valence electrons. The van der Waals surface area contributed by atoms with Crippen LogP contribution in [-0.2, 0) is 4.79 Å². The first-order valence-electron chi connectivity index (χ1n) is 14.8. The van der Waals surface area contributed by atoms with Crippen molar-refractivity contribution in [2.24, 2.45) is 10.7 Å². The van der Waals surface area contributed by atoms with Crippen LogP contribution in [0, 0.1) is 0 Å². The maximum Gasteiger partial charge on any atom is 0.389 e. The number of alkyl halides is 3. The second-order valence-corrected chi connectivity index (χ2v) is 11.5. The number of hydrogen-bond acceptors (Lipinski definition) is 5. The van der Waals surface area contributed by atoms with Crippen molar-refractivity contribution in [2.45, 2.75) is 63.2 Å². The number of benzene rings is 1. The molecule has 1 aromatic carbocycles. The van der Waals surface area contributed by atoms with Crippen molar-refractivity contribution in [3.05, 3.63) is 59.8 Å². The van der Waals surface area contributed by atoms with Crippen LogP contribution in [0.2, 0.25) is 0 Å². The highest BCUT2D eigenvalue weighted by atomic mass is 19.4. The Balaban J connectivity index is 1.21. The predicted molar refractivity (Wildman–Crippen MR) is 160 cm³/mol. The number of guanidine groups is 1. The van der Waals surface area contributed by atoms with Crippen LogP contribution in [0.15, 0.2) is 53.7 Å². The monoisotopic (exact) mass is 597 g/mol. The molecule has 1 saturated carbocycles. The normalized spacial score (nSPS) is 18.7. The maximum atomic E-state index is 13.5. The molecule has 2 aromatic rings. The summed E-state index contributed by atoms with van der Waals surface area (Å²) in [7, 11) is 2.12. The standard InChI is InChI=1S/C31H38F3N7O2/c1-39-17-13-25(14-18-39)41(24-8-9-24)29(43)22-4-6-23(7-5-22)37-30(35)38-28-26(3-2-16-36-28)21-11-19-40(20-12-21)27(42)10-15-31(32,33)34/h2-7,11,16,24-25H,8-10,12-15,17-20H2,1H3,(H3,35,36,37,38). The predicted octanol–water partition coefficient (Wildman–Crippen LogP) is 4.80. The number of anilines is 1. The number of nitrogens with one attached hydrogen (secondary N) is 1. The molecule has 9 nitrogen and oxygen atoms in total. The highest BCUT2D eigenvalue weighted by Crippen LogP contribution is 2.34. The van der Waals surface area contributed by atoms with Crippen LogP contribution in [0.25, 0.3) is 5.57 Å². The van der Waals surface area contributed by atoms with E-state index in [1.807, 2.05) is 36.4 Å². The summed E-state index contributed by atoms with van der Waals surface area (Å²) in [6, 6.07) is 11.5. The maximum absolute atomic E-state index is 13.5. The first-order chi connectivity index (χ1) is 20.6. The molecule has 0 bridgehead atoms. The third-order valence-corrected chi connectivity index (χ3v) is 8.20. The third-order valence-electron chi connectivity index (χ3n) is 8.20. The summed E-state index contributed by atoms with van der Waals surface area (Å²) in [5, 5.41) is 3.06. The number of rotatable bonds is 8. The number of amides is 2. The van der Waals surface area contributed by atoms with Crippen molar-refractivity contribution < 1.29 is 22.8 Å². The van der Waals surface area contributed by atoms with Gasteiger partial charge in [0.1, 0.15) is 0 Å². The Morgan fingerprint density at radius 3 is 2.40 bits per heavy atom. The van der Waals surface area contributed by atoms with Gasteiger partial charge >= 0.3 is 6.18 Å². The molecule has 1 aromatic heterocycles. The zero-order chi connectivity index (χ0) is 30.6. The van der Waals surface area contributed by atoms with E-state index in [4.69, 9.17) is 5.73 Å². The highest BCUT2D eigenvalue weighted by Gasteiger charge is 2.38. The number of carbonyl (C=O) groups excluding carboxylic acids is 2. The quantitative estimate of drug-likeness (QED) is 0.335. The number of nitrogens with two attached hydrogens (primary N) is 1. The van der Waals surface area contributed by atoms with Gasteiger partial charge in [0.25, 0.3) is 5.91 Å². The molecular formula is C31H38F3N7O2. The van der Waals surface area contributed by atoms with Crippen LogP contribution in [0.1, 0.15) is 60.9 Å². The molecule has 2 aliphatic heterocycles. The number of aromatic nitrogens is 1. The molecule has 43 heavy (non-hydrogen) atoms. The molecular weight excluding hydrogens is 559 g/mol. The van der Waals surface area contributed by atoms with Gasteiger partial charge in [0, 0.05) is 54.6 Å². The van der Waals surface area contributed by atoms with Gasteiger partial charge in [0.05, 0.1) is 6.42 Å². The van der Waals surface area contributed by atoms with Crippen LogP contribution >= 0.6 is 0 Å². The molecule has 0 spiro atoms. The molecule has 2 fully saturated rings. The summed E-state index contributed by atoms with van der Waals surface area (Å²) in [5.41, 5.74) is 9.19. The number of aliphatic imine (C=N–C) groups is 1. The SMILES string of the molecule is CN1CCC(N(C(=O)c2ccc(NC(N)=Nc3ncccc3C3=CCN(C(=O)CCC(F)(F)F)CC3)cc2)C2CC2)CC1. The van der Waals surface area contributed by atoms with E-state index in [0.717, 1.165) is 49.9 Å². The van der Waals surface area contributed by atoms with Gasteiger partial charge in [0.15, 0.2) is 11.8 Å². The first kappa shape index (κ1) is 30.5. The van der Waals surface area contributed by atoms with Crippen LogP contribution in [0.5, 0.6) is 0 Å². The molecule has 3 N–H and O–H groups in total. The molecule has 0 radical (unpaired) electrons. The van der Waals surface area contributed by atoms with Crippen LogP contribution in [0.3, 0.4) is 0 Å². The van der Waals surface area contributed by atoms with Gasteiger partial charge in [-0.25, -0.2) is 4.98 Å². The van der Waals surface area contributed by atoms with E-state index in [1.54, 1.807) is 12.3 Å². The average Bonchev–Trinajstić information content (AvgIpc) is 3.83. The second kappa shape index (κ2) is 13.2. The summed E-state index contributed by atoms with van der Waals surface area (Å²) in [5.74, 6) is 0.0657. The minimum Gasteiger partial charge on any atom is -0.369 e. The fourth-order valence-corrected chi connectivity index (χ4v) is 5.67. The van der Waals surface area contributed by atoms with E-state index >= 15 is 0 Å². The zero-order valence-corrected chi connectivity index (χ0v) is 24.3. The largest absolute Gasteiger partial charge is 0.389 e. The minimum absolute atomic E-state index is 0.0738. The Morgan fingerprint density at radius 1 is 1.07 bits per heavy atom. The number of likely N-dealkylation sites (tertiary alicyclic amines) is 1. The summed E-state index contributed by atoms with van der Waals surface area (Å²) in [4.78, 5) is 40.3. The number of nitrogens with zero attached hydrogens (tertiary/aromatic N) is 5. The second-order valence-electron chi connectivity index (χ2n) is 11.5. The lowest BCUT2D eigenvalue weighted by Crippen LogP contribution is -2.47. The van der Waals surface area contributed by atoms with E-state index in [1.165, 1.54) is 4.90 Å². The van der Waals surface area contributed by atoms with E-state index < -0.39 is 24.9 Å². The van der Waals surface area contributed by atoms with E-state index in [0.29, 0.717) is 36.1 Å². The van der Waals surface area contributed by atoms with Crippen LogP contribution in [0.4, 0.5) is 24.7 Å². The Labute approximate surface area is 249 Å². The topological polar surface area (TPSA) is 107 Å². The molecule has 2 amide bonds.